The third-order valence-corrected chi connectivity index (χ3v) is 7.45. The van der Waals surface area contributed by atoms with Crippen molar-refractivity contribution in [2.24, 2.45) is 5.92 Å². The Hall–Kier alpha value is -3.00. The number of aromatic nitrogens is 1. The predicted molar refractivity (Wildman–Crippen MR) is 135 cm³/mol. The number of hydrogen-bond donors (Lipinski definition) is 3. The molecular weight excluding hydrogens is 461 g/mol. The quantitative estimate of drug-likeness (QED) is 0.429. The summed E-state index contributed by atoms with van der Waals surface area (Å²) in [7, 11) is 0. The third kappa shape index (κ3) is 6.40. The number of nitrogens with one attached hydrogen (secondary N) is 2. The predicted octanol–water partition coefficient (Wildman–Crippen LogP) is 4.24. The first-order chi connectivity index (χ1) is 17.2. The number of nitrogens with zero attached hydrogens (tertiary/aromatic N) is 1. The fraction of sp³-hybridized carbons (Fsp3) is 0.536. The lowest BCUT2D eigenvalue weighted by molar-refractivity contribution is -0.143. The van der Waals surface area contributed by atoms with Gasteiger partial charge < -0.3 is 20.5 Å². The van der Waals surface area contributed by atoms with Crippen molar-refractivity contribution in [3.63, 3.8) is 0 Å². The van der Waals surface area contributed by atoms with Crippen LogP contribution in [-0.4, -0.2) is 47.3 Å². The van der Waals surface area contributed by atoms with Crippen LogP contribution in [0, 0.1) is 11.7 Å². The fourth-order valence-electron chi connectivity index (χ4n) is 4.85. The van der Waals surface area contributed by atoms with Crippen LogP contribution in [0.2, 0.25) is 0 Å². The molecule has 1 aromatic heterocycles. The molecule has 2 aromatic rings. The first-order valence-corrected chi connectivity index (χ1v) is 12.9. The van der Waals surface area contributed by atoms with E-state index in [2.05, 4.69) is 22.8 Å². The van der Waals surface area contributed by atoms with Gasteiger partial charge in [-0.15, -0.1) is 0 Å². The summed E-state index contributed by atoms with van der Waals surface area (Å²) in [6.45, 7) is 4.64. The molecule has 7 nitrogen and oxygen atoms in total. The fourth-order valence-corrected chi connectivity index (χ4v) is 4.85. The second-order valence-electron chi connectivity index (χ2n) is 10.5. The van der Waals surface area contributed by atoms with Crippen LogP contribution < -0.4 is 10.6 Å². The number of halogens is 1. The van der Waals surface area contributed by atoms with E-state index >= 15 is 0 Å². The maximum absolute atomic E-state index is 13.2. The topological polar surface area (TPSA) is 101 Å². The van der Waals surface area contributed by atoms with Crippen LogP contribution in [-0.2, 0) is 32.6 Å². The molecule has 1 amide bonds. The second-order valence-corrected chi connectivity index (χ2v) is 10.5. The van der Waals surface area contributed by atoms with E-state index in [1.807, 2.05) is 0 Å². The number of rotatable bonds is 11. The zero-order valence-corrected chi connectivity index (χ0v) is 21.1. The van der Waals surface area contributed by atoms with Crippen LogP contribution in [0.1, 0.15) is 62.8 Å². The van der Waals surface area contributed by atoms with Crippen LogP contribution in [0.4, 0.5) is 10.2 Å². The van der Waals surface area contributed by atoms with Gasteiger partial charge in [-0.2, -0.15) is 0 Å². The molecule has 36 heavy (non-hydrogen) atoms. The highest BCUT2D eigenvalue weighted by Crippen LogP contribution is 2.34. The third-order valence-electron chi connectivity index (χ3n) is 7.45. The monoisotopic (exact) mass is 497 g/mol. The molecule has 1 unspecified atom stereocenters. The van der Waals surface area contributed by atoms with Crippen LogP contribution in [0.3, 0.4) is 0 Å². The average molecular weight is 498 g/mol. The van der Waals surface area contributed by atoms with E-state index in [0.717, 1.165) is 56.6 Å². The lowest BCUT2D eigenvalue weighted by atomic mass is 9.79. The lowest BCUT2D eigenvalue weighted by Crippen LogP contribution is -2.49. The number of carbonyl (C=O) groups excluding carboxylic acids is 1. The Kier molecular flexibility index (Phi) is 8.24. The number of carboxylic acids is 1. The highest BCUT2D eigenvalue weighted by Gasteiger charge is 2.34. The van der Waals surface area contributed by atoms with Gasteiger partial charge in [-0.25, -0.2) is 14.2 Å². The molecule has 8 heteroatoms. The van der Waals surface area contributed by atoms with Gasteiger partial charge >= 0.3 is 5.97 Å². The molecular formula is C28H36FN3O4. The van der Waals surface area contributed by atoms with Crippen molar-refractivity contribution in [2.45, 2.75) is 76.4 Å². The van der Waals surface area contributed by atoms with Crippen molar-refractivity contribution in [1.82, 2.24) is 10.3 Å². The highest BCUT2D eigenvalue weighted by molar-refractivity contribution is 5.90. The van der Waals surface area contributed by atoms with E-state index in [1.165, 1.54) is 17.7 Å². The molecule has 194 valence electrons. The van der Waals surface area contributed by atoms with Crippen LogP contribution in [0.5, 0.6) is 0 Å². The maximum atomic E-state index is 13.2. The number of carbonyl (C=O) groups is 2. The van der Waals surface area contributed by atoms with Crippen LogP contribution in [0.25, 0.3) is 0 Å². The number of ether oxygens (including phenoxy) is 1. The molecule has 0 radical (unpaired) electrons. The standard InChI is InChI=1S/C28H36FN3O4/c1-28(2,20-7-9-21(29)10-8-20)27(35)32-24(26(33)34)13-15-36-23-16-18(17-23)5-11-22-12-6-19-4-3-14-30-25(19)31-22/h6-10,12,18,23-24H,3-5,11,13-17H2,1-2H3,(H,30,31)(H,32,35)(H,33,34)/t18-,23-,24?. The van der Waals surface area contributed by atoms with E-state index in [0.29, 0.717) is 11.5 Å². The van der Waals surface area contributed by atoms with Crippen molar-refractivity contribution >= 4 is 17.7 Å². The van der Waals surface area contributed by atoms with E-state index in [9.17, 15) is 19.1 Å². The molecule has 2 heterocycles. The zero-order chi connectivity index (χ0) is 25.7. The highest BCUT2D eigenvalue weighted by atomic mass is 19.1. The Balaban J connectivity index is 1.17. The summed E-state index contributed by atoms with van der Waals surface area (Å²) in [5.41, 5.74) is 2.05. The number of aliphatic carboxylic acids is 1. The number of benzene rings is 1. The number of carboxylic acid groups (broad SMARTS) is 1. The van der Waals surface area contributed by atoms with Crippen molar-refractivity contribution in [1.29, 1.82) is 0 Å². The van der Waals surface area contributed by atoms with Gasteiger partial charge in [0.2, 0.25) is 5.91 Å². The molecule has 1 atom stereocenters. The maximum Gasteiger partial charge on any atom is 0.326 e. The molecule has 1 aliphatic carbocycles. The summed E-state index contributed by atoms with van der Waals surface area (Å²) >= 11 is 0. The summed E-state index contributed by atoms with van der Waals surface area (Å²) in [6.07, 6.45) is 6.51. The number of pyridine rings is 1. The molecule has 0 bridgehead atoms. The average Bonchev–Trinajstić information content (AvgIpc) is 2.84. The number of hydrogen-bond acceptors (Lipinski definition) is 5. The van der Waals surface area contributed by atoms with Crippen molar-refractivity contribution in [2.75, 3.05) is 18.5 Å². The Morgan fingerprint density at radius 2 is 1.97 bits per heavy atom. The molecule has 1 aromatic carbocycles. The Morgan fingerprint density at radius 1 is 1.22 bits per heavy atom. The van der Waals surface area contributed by atoms with Gasteiger partial charge in [0.05, 0.1) is 11.5 Å². The molecule has 1 fully saturated rings. The van der Waals surface area contributed by atoms with E-state index in [1.54, 1.807) is 26.0 Å². The SMILES string of the molecule is CC(C)(C(=O)NC(CCO[C@H]1C[C@H](CCc2ccc3c(n2)NCCC3)C1)C(=O)O)c1ccc(F)cc1. The number of anilines is 1. The number of amides is 1. The first kappa shape index (κ1) is 26.1. The lowest BCUT2D eigenvalue weighted by Gasteiger charge is -2.35. The van der Waals surface area contributed by atoms with Crippen molar-refractivity contribution < 1.29 is 23.8 Å². The van der Waals surface area contributed by atoms with Gasteiger partial charge in [-0.1, -0.05) is 18.2 Å². The molecule has 0 spiro atoms. The van der Waals surface area contributed by atoms with Crippen LogP contribution >= 0.6 is 0 Å². The van der Waals surface area contributed by atoms with Gasteiger partial charge in [-0.05, 0) is 87.6 Å². The number of fused-ring (bicyclic) bond motifs is 1. The van der Waals surface area contributed by atoms with Gasteiger partial charge in [0, 0.05) is 25.3 Å². The van der Waals surface area contributed by atoms with E-state index in [4.69, 9.17) is 9.72 Å². The summed E-state index contributed by atoms with van der Waals surface area (Å²) in [6, 6.07) is 8.94. The van der Waals surface area contributed by atoms with Gasteiger partial charge in [0.25, 0.3) is 0 Å². The summed E-state index contributed by atoms with van der Waals surface area (Å²) < 4.78 is 19.1. The van der Waals surface area contributed by atoms with Crippen LogP contribution in [0.15, 0.2) is 36.4 Å². The van der Waals surface area contributed by atoms with Gasteiger partial charge in [0.1, 0.15) is 17.7 Å². The zero-order valence-electron chi connectivity index (χ0n) is 21.1. The Morgan fingerprint density at radius 3 is 2.69 bits per heavy atom. The molecule has 3 N–H and O–H groups in total. The largest absolute Gasteiger partial charge is 0.480 e. The first-order valence-electron chi connectivity index (χ1n) is 12.9. The van der Waals surface area contributed by atoms with Crippen molar-refractivity contribution in [3.8, 4) is 0 Å². The molecule has 4 rings (SSSR count). The molecule has 2 aliphatic rings. The second kappa shape index (κ2) is 11.4. The molecule has 1 saturated carbocycles. The Bertz CT molecular complexity index is 1070. The summed E-state index contributed by atoms with van der Waals surface area (Å²) in [4.78, 5) is 29.3. The Labute approximate surface area is 211 Å². The smallest absolute Gasteiger partial charge is 0.326 e. The summed E-state index contributed by atoms with van der Waals surface area (Å²) in [5.74, 6) is -0.278. The summed E-state index contributed by atoms with van der Waals surface area (Å²) in [5, 5.41) is 15.6. The van der Waals surface area contributed by atoms with E-state index in [-0.39, 0.29) is 24.9 Å². The minimum Gasteiger partial charge on any atom is -0.480 e. The minimum absolute atomic E-state index is 0.133. The normalized spacial score (nSPS) is 20.0. The molecule has 0 saturated heterocycles. The van der Waals surface area contributed by atoms with Gasteiger partial charge in [-0.3, -0.25) is 4.79 Å². The van der Waals surface area contributed by atoms with E-state index < -0.39 is 23.3 Å². The van der Waals surface area contributed by atoms with Crippen molar-refractivity contribution in [3.05, 3.63) is 59.0 Å². The minimum atomic E-state index is -1.10. The molecule has 1 aliphatic heterocycles. The van der Waals surface area contributed by atoms with Gasteiger partial charge in [0.15, 0.2) is 0 Å². The number of aryl methyl sites for hydroxylation is 2.